The Hall–Kier alpha value is -1.15. The molecule has 8 heteroatoms. The summed E-state index contributed by atoms with van der Waals surface area (Å²) in [4.78, 5) is 23.0. The van der Waals surface area contributed by atoms with Crippen LogP contribution in [0.2, 0.25) is 0 Å². The molecule has 0 aromatic heterocycles. The van der Waals surface area contributed by atoms with E-state index in [1.165, 1.54) is 32.3 Å². The maximum absolute atomic E-state index is 12.1. The highest BCUT2D eigenvalue weighted by molar-refractivity contribution is 7.70. The van der Waals surface area contributed by atoms with Gasteiger partial charge in [-0.05, 0) is 0 Å². The zero-order valence-corrected chi connectivity index (χ0v) is 10.1. The molecule has 0 aliphatic carbocycles. The number of aromatic nitrogens is 1. The summed E-state index contributed by atoms with van der Waals surface area (Å²) in [6.07, 6.45) is -5.78. The summed E-state index contributed by atoms with van der Waals surface area (Å²) in [5.74, 6) is -1.89. The number of carbonyl (C=O) groups is 1. The van der Waals surface area contributed by atoms with Gasteiger partial charge in [-0.1, -0.05) is 20.7 Å². The lowest BCUT2D eigenvalue weighted by Crippen LogP contribution is -2.27. The van der Waals surface area contributed by atoms with Crippen LogP contribution in [0.5, 0.6) is 0 Å². The van der Waals surface area contributed by atoms with Crippen LogP contribution in [0.15, 0.2) is 10.2 Å². The van der Waals surface area contributed by atoms with E-state index in [1.54, 1.807) is 5.38 Å². The Labute approximate surface area is 101 Å². The van der Waals surface area contributed by atoms with Gasteiger partial charge < -0.3 is 4.57 Å². The Balaban J connectivity index is 2.44. The van der Waals surface area contributed by atoms with Gasteiger partial charge in [-0.25, -0.2) is 0 Å². The van der Waals surface area contributed by atoms with E-state index in [-0.39, 0.29) is 5.56 Å². The van der Waals surface area contributed by atoms with E-state index in [2.05, 4.69) is 0 Å². The smallest absolute Gasteiger partial charge is 0.309 e. The molecule has 2 aliphatic heterocycles. The lowest BCUT2D eigenvalue weighted by atomic mass is 10.1. The quantitative estimate of drug-likeness (QED) is 0.792. The first-order chi connectivity index (χ1) is 7.82. The van der Waals surface area contributed by atoms with Crippen molar-refractivity contribution in [1.82, 2.24) is 4.57 Å². The molecule has 0 atom stereocenters. The van der Waals surface area contributed by atoms with Crippen molar-refractivity contribution in [3.05, 3.63) is 21.3 Å². The van der Waals surface area contributed by atoms with Crippen LogP contribution in [0.4, 0.5) is 13.2 Å². The molecule has 17 heavy (non-hydrogen) atoms. The summed E-state index contributed by atoms with van der Waals surface area (Å²) in [6, 6.07) is 0. The van der Waals surface area contributed by atoms with Gasteiger partial charge in [0.1, 0.15) is 0 Å². The van der Waals surface area contributed by atoms with E-state index in [9.17, 15) is 22.8 Å². The number of rotatable bonds is 2. The van der Waals surface area contributed by atoms with Crippen LogP contribution in [-0.2, 0) is 18.3 Å². The molecular weight excluding hydrogens is 275 g/mol. The van der Waals surface area contributed by atoms with Crippen molar-refractivity contribution < 1.29 is 18.0 Å². The monoisotopic (exact) mass is 281 g/mol. The molecule has 0 saturated carbocycles. The minimum atomic E-state index is -4.89. The van der Waals surface area contributed by atoms with Crippen LogP contribution in [0, 0.1) is 0 Å². The van der Waals surface area contributed by atoms with Crippen LogP contribution in [-0.4, -0.2) is 16.5 Å². The Kier molecular flexibility index (Phi) is 2.86. The number of fused-ring (bicyclic) bond motifs is 1. The molecule has 0 bridgehead atoms. The molecule has 0 aromatic carbocycles. The van der Waals surface area contributed by atoms with Crippen molar-refractivity contribution in [3.8, 4) is 10.6 Å². The van der Waals surface area contributed by atoms with E-state index < -0.39 is 23.9 Å². The number of hydrogen-bond acceptors (Lipinski definition) is 4. The van der Waals surface area contributed by atoms with Gasteiger partial charge in [-0.15, -0.1) is 0 Å². The maximum Gasteiger partial charge on any atom is 0.450 e. The van der Waals surface area contributed by atoms with Gasteiger partial charge in [-0.3, -0.25) is 9.59 Å². The minimum Gasteiger partial charge on any atom is -0.309 e. The molecular formula is C9H6F3NO2S2. The average Bonchev–Trinajstić information content (AvgIpc) is 2.76. The predicted octanol–water partition coefficient (Wildman–Crippen LogP) is 2.29. The third-order valence-corrected chi connectivity index (χ3v) is 4.49. The van der Waals surface area contributed by atoms with Crippen molar-refractivity contribution in [2.24, 2.45) is 7.05 Å². The topological polar surface area (TPSA) is 39.1 Å². The first-order valence-corrected chi connectivity index (χ1v) is 6.68. The Morgan fingerprint density at radius 3 is 2.71 bits per heavy atom. The van der Waals surface area contributed by atoms with Gasteiger partial charge in [0, 0.05) is 24.4 Å². The third kappa shape index (κ3) is 2.02. The van der Waals surface area contributed by atoms with Gasteiger partial charge in [0.25, 0.3) is 5.56 Å². The molecule has 2 aliphatic rings. The number of ketones is 1. The number of nitrogens with zero attached hydrogens (tertiary/aromatic N) is 1. The molecule has 0 spiro atoms. The summed E-state index contributed by atoms with van der Waals surface area (Å²) in [5, 5.41) is 1.68. The molecule has 0 radical (unpaired) electrons. The van der Waals surface area contributed by atoms with Crippen molar-refractivity contribution in [2.75, 3.05) is 0 Å². The molecule has 92 valence electrons. The summed E-state index contributed by atoms with van der Waals surface area (Å²) < 4.78 is 37.7. The van der Waals surface area contributed by atoms with Crippen LogP contribution >= 0.6 is 20.7 Å². The summed E-state index contributed by atoms with van der Waals surface area (Å²) in [6.45, 7) is 0. The normalized spacial score (nSPS) is 12.2. The SMILES string of the molecule is Cn1c2cssc-2c(CC(=O)C(F)(F)F)c1=O. The van der Waals surface area contributed by atoms with Crippen molar-refractivity contribution in [1.29, 1.82) is 0 Å². The van der Waals surface area contributed by atoms with E-state index in [4.69, 9.17) is 0 Å². The lowest BCUT2D eigenvalue weighted by Gasteiger charge is -2.02. The van der Waals surface area contributed by atoms with Gasteiger partial charge in [-0.2, -0.15) is 13.2 Å². The van der Waals surface area contributed by atoms with E-state index in [1.807, 2.05) is 0 Å². The molecule has 3 nitrogen and oxygen atoms in total. The Bertz CT molecular complexity index is 593. The molecule has 0 unspecified atom stereocenters. The molecule has 2 rings (SSSR count). The fourth-order valence-electron chi connectivity index (χ4n) is 1.48. The molecule has 0 N–H and O–H groups in total. The first kappa shape index (κ1) is 12.3. The van der Waals surface area contributed by atoms with Gasteiger partial charge in [0.2, 0.25) is 5.78 Å². The number of alkyl halides is 3. The third-order valence-electron chi connectivity index (χ3n) is 2.38. The van der Waals surface area contributed by atoms with Crippen molar-refractivity contribution >= 4 is 26.5 Å². The largest absolute Gasteiger partial charge is 0.450 e. The van der Waals surface area contributed by atoms with E-state index in [0.717, 1.165) is 0 Å². The van der Waals surface area contributed by atoms with E-state index >= 15 is 0 Å². The molecule has 0 amide bonds. The zero-order valence-electron chi connectivity index (χ0n) is 8.50. The predicted molar refractivity (Wildman–Crippen MR) is 58.8 cm³/mol. The highest BCUT2D eigenvalue weighted by Gasteiger charge is 2.39. The highest BCUT2D eigenvalue weighted by atomic mass is 32.9. The van der Waals surface area contributed by atoms with Crippen LogP contribution in [0.25, 0.3) is 10.6 Å². The molecule has 2 heterocycles. The summed E-state index contributed by atoms with van der Waals surface area (Å²) >= 11 is 0. The second kappa shape index (κ2) is 3.95. The number of Topliss-reactive ketones (excluding diaryl/α,β-unsaturated/α-hetero) is 1. The van der Waals surface area contributed by atoms with Gasteiger partial charge in [0.05, 0.1) is 10.6 Å². The van der Waals surface area contributed by atoms with Crippen LogP contribution in [0.1, 0.15) is 5.56 Å². The highest BCUT2D eigenvalue weighted by Crippen LogP contribution is 2.34. The summed E-state index contributed by atoms with van der Waals surface area (Å²) in [5.41, 5.74) is -0.0114. The standard InChI is InChI=1S/C9H6F3NO2S2/c1-13-5-3-16-17-7(5)4(8(13)15)2-6(14)9(10,11)12/h3H,2H2,1H3. The van der Waals surface area contributed by atoms with Crippen LogP contribution < -0.4 is 5.56 Å². The fraction of sp³-hybridized carbons (Fsp3) is 0.333. The number of halogens is 3. The fourth-order valence-corrected chi connectivity index (χ4v) is 3.87. The van der Waals surface area contributed by atoms with E-state index in [0.29, 0.717) is 10.6 Å². The lowest BCUT2D eigenvalue weighted by molar-refractivity contribution is -0.170. The molecule has 0 fully saturated rings. The first-order valence-electron chi connectivity index (χ1n) is 4.47. The Morgan fingerprint density at radius 1 is 1.47 bits per heavy atom. The summed E-state index contributed by atoms with van der Waals surface area (Å²) in [7, 11) is 4.00. The average molecular weight is 281 g/mol. The molecule has 0 saturated heterocycles. The van der Waals surface area contributed by atoms with Crippen molar-refractivity contribution in [2.45, 2.75) is 12.6 Å². The van der Waals surface area contributed by atoms with Crippen LogP contribution in [0.3, 0.4) is 0 Å². The van der Waals surface area contributed by atoms with Crippen molar-refractivity contribution in [3.63, 3.8) is 0 Å². The number of hydrogen-bond donors (Lipinski definition) is 0. The van der Waals surface area contributed by atoms with Gasteiger partial charge >= 0.3 is 6.18 Å². The Morgan fingerprint density at radius 2 is 2.12 bits per heavy atom. The maximum atomic E-state index is 12.1. The second-order valence-corrected chi connectivity index (χ2v) is 5.53. The minimum absolute atomic E-state index is 0.0592. The number of carbonyl (C=O) groups excluding carboxylic acids is 1. The zero-order chi connectivity index (χ0) is 12.8. The molecule has 0 aromatic rings. The van der Waals surface area contributed by atoms with Gasteiger partial charge in [0.15, 0.2) is 0 Å². The second-order valence-electron chi connectivity index (χ2n) is 3.45.